The van der Waals surface area contributed by atoms with E-state index in [0.717, 1.165) is 5.56 Å². The van der Waals surface area contributed by atoms with E-state index in [1.807, 2.05) is 25.1 Å². The maximum atomic E-state index is 12.2. The van der Waals surface area contributed by atoms with Crippen LogP contribution in [-0.2, 0) is 9.59 Å². The van der Waals surface area contributed by atoms with Gasteiger partial charge in [0.25, 0.3) is 0 Å². The molecule has 0 heterocycles. The first-order valence-corrected chi connectivity index (χ1v) is 8.92. The van der Waals surface area contributed by atoms with E-state index in [2.05, 4.69) is 10.6 Å². The summed E-state index contributed by atoms with van der Waals surface area (Å²) in [5.74, 6) is 0.288. The summed E-state index contributed by atoms with van der Waals surface area (Å²) in [7, 11) is 3.28. The Bertz CT molecular complexity index is 798. The van der Waals surface area contributed by atoms with Crippen molar-refractivity contribution in [2.45, 2.75) is 13.0 Å². The van der Waals surface area contributed by atoms with Gasteiger partial charge < -0.3 is 15.4 Å². The van der Waals surface area contributed by atoms with Gasteiger partial charge in [-0.1, -0.05) is 29.8 Å². The number of ether oxygens (including phenoxy) is 1. The van der Waals surface area contributed by atoms with Crippen LogP contribution in [0.4, 0.5) is 5.69 Å². The lowest BCUT2D eigenvalue weighted by Crippen LogP contribution is -2.39. The van der Waals surface area contributed by atoms with Crippen molar-refractivity contribution < 1.29 is 14.3 Å². The Morgan fingerprint density at radius 2 is 1.81 bits per heavy atom. The van der Waals surface area contributed by atoms with Gasteiger partial charge in [0.1, 0.15) is 5.75 Å². The highest BCUT2D eigenvalue weighted by Crippen LogP contribution is 2.18. The lowest BCUT2D eigenvalue weighted by atomic mass is 10.1. The van der Waals surface area contributed by atoms with Gasteiger partial charge >= 0.3 is 0 Å². The molecule has 144 valence electrons. The Kier molecular flexibility index (Phi) is 7.64. The molecule has 27 heavy (non-hydrogen) atoms. The van der Waals surface area contributed by atoms with Crippen LogP contribution in [0.15, 0.2) is 48.5 Å². The van der Waals surface area contributed by atoms with E-state index in [-0.39, 0.29) is 30.9 Å². The van der Waals surface area contributed by atoms with Crippen LogP contribution in [0.25, 0.3) is 0 Å². The second-order valence-corrected chi connectivity index (χ2v) is 6.73. The van der Waals surface area contributed by atoms with Gasteiger partial charge in [-0.05, 0) is 43.8 Å². The Labute approximate surface area is 164 Å². The molecule has 2 amide bonds. The number of rotatable bonds is 8. The summed E-state index contributed by atoms with van der Waals surface area (Å²) in [6.45, 7) is 2.09. The monoisotopic (exact) mass is 389 g/mol. The van der Waals surface area contributed by atoms with Gasteiger partial charge in [0.15, 0.2) is 0 Å². The molecule has 0 aliphatic heterocycles. The van der Waals surface area contributed by atoms with Crippen LogP contribution in [0, 0.1) is 0 Å². The van der Waals surface area contributed by atoms with Crippen molar-refractivity contribution in [3.05, 3.63) is 59.1 Å². The average molecular weight is 390 g/mol. The minimum atomic E-state index is -0.207. The molecule has 0 spiro atoms. The van der Waals surface area contributed by atoms with Crippen molar-refractivity contribution in [3.8, 4) is 5.75 Å². The molecule has 2 aromatic rings. The lowest BCUT2D eigenvalue weighted by Gasteiger charge is -2.19. The summed E-state index contributed by atoms with van der Waals surface area (Å²) in [6.07, 6.45) is 0. The van der Waals surface area contributed by atoms with Crippen LogP contribution in [-0.4, -0.2) is 44.0 Å². The van der Waals surface area contributed by atoms with Crippen molar-refractivity contribution >= 4 is 29.1 Å². The van der Waals surface area contributed by atoms with E-state index in [1.54, 1.807) is 49.4 Å². The van der Waals surface area contributed by atoms with E-state index in [1.165, 1.54) is 0 Å². The second-order valence-electron chi connectivity index (χ2n) is 6.30. The predicted octanol–water partition coefficient (Wildman–Crippen LogP) is 3.10. The SMILES string of the molecule is COc1cccc(NC(=O)CN(C)CC(=O)N[C@H](C)c2cccc(Cl)c2)c1. The number of carbonyl (C=O) groups is 2. The average Bonchev–Trinajstić information content (AvgIpc) is 2.61. The molecule has 0 aliphatic carbocycles. The van der Waals surface area contributed by atoms with Crippen molar-refractivity contribution in [2.75, 3.05) is 32.6 Å². The molecule has 2 rings (SSSR count). The molecule has 0 aromatic heterocycles. The quantitative estimate of drug-likeness (QED) is 0.727. The third kappa shape index (κ3) is 6.92. The summed E-state index contributed by atoms with van der Waals surface area (Å²) in [5.41, 5.74) is 1.57. The number of likely N-dealkylation sites (N-methyl/N-ethyl adjacent to an activating group) is 1. The number of benzene rings is 2. The zero-order chi connectivity index (χ0) is 19.8. The largest absolute Gasteiger partial charge is 0.497 e. The molecular formula is C20H24ClN3O3. The molecule has 0 aliphatic rings. The first-order chi connectivity index (χ1) is 12.9. The van der Waals surface area contributed by atoms with Gasteiger partial charge in [0.2, 0.25) is 11.8 Å². The fraction of sp³-hybridized carbons (Fsp3) is 0.300. The third-order valence-electron chi connectivity index (χ3n) is 3.91. The Hall–Kier alpha value is -2.57. The number of hydrogen-bond donors (Lipinski definition) is 2. The highest BCUT2D eigenvalue weighted by molar-refractivity contribution is 6.30. The maximum Gasteiger partial charge on any atom is 0.238 e. The Morgan fingerprint density at radius 1 is 1.11 bits per heavy atom. The summed E-state index contributed by atoms with van der Waals surface area (Å²) in [5, 5.41) is 6.32. The third-order valence-corrected chi connectivity index (χ3v) is 4.14. The number of anilines is 1. The van der Waals surface area contributed by atoms with Crippen molar-refractivity contribution in [2.24, 2.45) is 0 Å². The predicted molar refractivity (Wildman–Crippen MR) is 107 cm³/mol. The van der Waals surface area contributed by atoms with Crippen molar-refractivity contribution in [1.29, 1.82) is 0 Å². The maximum absolute atomic E-state index is 12.2. The number of nitrogens with one attached hydrogen (secondary N) is 2. The topological polar surface area (TPSA) is 70.7 Å². The van der Waals surface area contributed by atoms with Crippen LogP contribution in [0.3, 0.4) is 0 Å². The molecule has 0 saturated heterocycles. The van der Waals surface area contributed by atoms with Gasteiger partial charge in [0, 0.05) is 16.8 Å². The minimum Gasteiger partial charge on any atom is -0.497 e. The van der Waals surface area contributed by atoms with Crippen LogP contribution >= 0.6 is 11.6 Å². The minimum absolute atomic E-state index is 0.0934. The molecule has 0 radical (unpaired) electrons. The molecule has 0 saturated carbocycles. The molecule has 1 atom stereocenters. The zero-order valence-corrected chi connectivity index (χ0v) is 16.4. The Balaban J connectivity index is 1.80. The Morgan fingerprint density at radius 3 is 2.52 bits per heavy atom. The first-order valence-electron chi connectivity index (χ1n) is 8.54. The van der Waals surface area contributed by atoms with E-state index in [0.29, 0.717) is 16.5 Å². The van der Waals surface area contributed by atoms with Gasteiger partial charge in [-0.15, -0.1) is 0 Å². The molecule has 0 bridgehead atoms. The number of nitrogens with zero attached hydrogens (tertiary/aromatic N) is 1. The van der Waals surface area contributed by atoms with E-state index in [9.17, 15) is 9.59 Å². The van der Waals surface area contributed by atoms with Crippen LogP contribution in [0.1, 0.15) is 18.5 Å². The summed E-state index contributed by atoms with van der Waals surface area (Å²) in [4.78, 5) is 26.0. The summed E-state index contributed by atoms with van der Waals surface area (Å²) in [6, 6.07) is 14.3. The number of hydrogen-bond acceptors (Lipinski definition) is 4. The number of halogens is 1. The molecule has 0 unspecified atom stereocenters. The number of carbonyl (C=O) groups excluding carboxylic acids is 2. The second kappa shape index (κ2) is 9.94. The van der Waals surface area contributed by atoms with Crippen LogP contribution < -0.4 is 15.4 Å². The van der Waals surface area contributed by atoms with E-state index in [4.69, 9.17) is 16.3 Å². The highest BCUT2D eigenvalue weighted by atomic mass is 35.5. The van der Waals surface area contributed by atoms with E-state index >= 15 is 0 Å². The standard InChI is InChI=1S/C20H24ClN3O3/c1-14(15-6-4-7-16(21)10-15)22-19(25)12-24(2)13-20(26)23-17-8-5-9-18(11-17)27-3/h4-11,14H,12-13H2,1-3H3,(H,22,25)(H,23,26)/t14-/m1/s1. The highest BCUT2D eigenvalue weighted by Gasteiger charge is 2.14. The number of methoxy groups -OCH3 is 1. The van der Waals surface area contributed by atoms with Crippen molar-refractivity contribution in [3.63, 3.8) is 0 Å². The smallest absolute Gasteiger partial charge is 0.238 e. The molecule has 2 aromatic carbocycles. The van der Waals surface area contributed by atoms with E-state index < -0.39 is 0 Å². The fourth-order valence-electron chi connectivity index (χ4n) is 2.59. The molecule has 6 nitrogen and oxygen atoms in total. The molecule has 2 N–H and O–H groups in total. The molecular weight excluding hydrogens is 366 g/mol. The summed E-state index contributed by atoms with van der Waals surface area (Å²) >= 11 is 5.98. The van der Waals surface area contributed by atoms with Crippen LogP contribution in [0.5, 0.6) is 5.75 Å². The normalized spacial score (nSPS) is 11.7. The van der Waals surface area contributed by atoms with Gasteiger partial charge in [-0.25, -0.2) is 0 Å². The van der Waals surface area contributed by atoms with Gasteiger partial charge in [0.05, 0.1) is 26.2 Å². The molecule has 0 fully saturated rings. The van der Waals surface area contributed by atoms with Gasteiger partial charge in [-0.3, -0.25) is 14.5 Å². The van der Waals surface area contributed by atoms with Crippen molar-refractivity contribution in [1.82, 2.24) is 10.2 Å². The first kappa shape index (κ1) is 20.7. The zero-order valence-electron chi connectivity index (χ0n) is 15.7. The lowest BCUT2D eigenvalue weighted by molar-refractivity contribution is -0.123. The fourth-order valence-corrected chi connectivity index (χ4v) is 2.79. The van der Waals surface area contributed by atoms with Gasteiger partial charge in [-0.2, -0.15) is 0 Å². The number of amides is 2. The summed E-state index contributed by atoms with van der Waals surface area (Å²) < 4.78 is 5.13. The molecule has 7 heteroatoms. The van der Waals surface area contributed by atoms with Crippen LogP contribution in [0.2, 0.25) is 5.02 Å².